The van der Waals surface area contributed by atoms with Crippen LogP contribution in [0, 0.1) is 23.3 Å². The highest BCUT2D eigenvalue weighted by molar-refractivity contribution is 9.10. The second kappa shape index (κ2) is 18.2. The third-order valence-electron chi connectivity index (χ3n) is 8.23. The van der Waals surface area contributed by atoms with Crippen LogP contribution in [0.25, 0.3) is 0 Å². The summed E-state index contributed by atoms with van der Waals surface area (Å²) in [6.45, 7) is 16.2. The lowest BCUT2D eigenvalue weighted by molar-refractivity contribution is -0.00365. The van der Waals surface area contributed by atoms with Crippen LogP contribution in [0.3, 0.4) is 0 Å². The Morgan fingerprint density at radius 2 is 1.24 bits per heavy atom. The highest BCUT2D eigenvalue weighted by Crippen LogP contribution is 2.36. The van der Waals surface area contributed by atoms with Crippen molar-refractivity contribution in [2.24, 2.45) is 26.1 Å². The molecule has 0 saturated carbocycles. The fourth-order valence-electron chi connectivity index (χ4n) is 5.79. The number of hydrogen-bond donors (Lipinski definition) is 0. The van der Waals surface area contributed by atoms with Crippen LogP contribution >= 0.6 is 31.9 Å². The minimum absolute atomic E-state index is 0.0218. The Morgan fingerprint density at radius 3 is 1.71 bits per heavy atom. The summed E-state index contributed by atoms with van der Waals surface area (Å²) in [7, 11) is -2.63. The Morgan fingerprint density at radius 1 is 0.755 bits per heavy atom. The molecule has 4 heterocycles. The van der Waals surface area contributed by atoms with Crippen LogP contribution in [0.1, 0.15) is 54.4 Å². The zero-order valence-electron chi connectivity index (χ0n) is 29.4. The van der Waals surface area contributed by atoms with Crippen LogP contribution in [0.15, 0.2) is 59.7 Å². The molecule has 4 aliphatic rings. The maximum Gasteiger partial charge on any atom is 0.205 e. The molecule has 2 aromatic rings. The van der Waals surface area contributed by atoms with E-state index in [0.29, 0.717) is 42.6 Å². The fraction of sp³-hybridized carbons (Fsp3) is 0.556. The quantitative estimate of drug-likeness (QED) is 0.172. The van der Waals surface area contributed by atoms with E-state index in [1.165, 1.54) is 0 Å². The van der Waals surface area contributed by atoms with Gasteiger partial charge in [-0.25, -0.2) is 0 Å². The number of aliphatic imine (C=N–C) groups is 1. The summed E-state index contributed by atoms with van der Waals surface area (Å²) in [4.78, 5) is 16.1. The Balaban J connectivity index is 0.000000173. The van der Waals surface area contributed by atoms with Gasteiger partial charge in [-0.3, -0.25) is 14.1 Å². The molecule has 264 valence electrons. The van der Waals surface area contributed by atoms with Crippen molar-refractivity contribution in [2.45, 2.75) is 90.0 Å². The van der Waals surface area contributed by atoms with E-state index in [2.05, 4.69) is 91.5 Å². The summed E-state index contributed by atoms with van der Waals surface area (Å²) in [6, 6.07) is 14.3. The lowest BCUT2D eigenvalue weighted by Gasteiger charge is -2.34. The van der Waals surface area contributed by atoms with Gasteiger partial charge < -0.3 is 18.9 Å². The molecule has 2 saturated heterocycles. The summed E-state index contributed by atoms with van der Waals surface area (Å²) in [5.41, 5.74) is 2.41. The van der Waals surface area contributed by atoms with E-state index in [-0.39, 0.29) is 18.0 Å². The molecule has 13 heteroatoms. The lowest BCUT2D eigenvalue weighted by Crippen LogP contribution is -2.38. The number of rotatable bonds is 4. The van der Waals surface area contributed by atoms with Gasteiger partial charge in [0.1, 0.15) is 23.7 Å². The summed E-state index contributed by atoms with van der Waals surface area (Å²) < 4.78 is 33.6. The van der Waals surface area contributed by atoms with Crippen molar-refractivity contribution in [3.05, 3.63) is 56.5 Å². The number of nitrogens with zero attached hydrogens (tertiary/aromatic N) is 4. The van der Waals surface area contributed by atoms with Crippen LogP contribution in [0.2, 0.25) is 39.3 Å². The van der Waals surface area contributed by atoms with Gasteiger partial charge in [0.25, 0.3) is 0 Å². The van der Waals surface area contributed by atoms with Gasteiger partial charge in [-0.1, -0.05) is 31.9 Å². The zero-order chi connectivity index (χ0) is 35.6. The predicted molar refractivity (Wildman–Crippen MR) is 206 cm³/mol. The third-order valence-corrected chi connectivity index (χ3v) is 10.8. The minimum Gasteiger partial charge on any atom is -0.489 e. The number of ether oxygens (including phenoxy) is 4. The number of carbonyl (C=O) groups is 1. The molecule has 2 aromatic carbocycles. The number of fused-ring (bicyclic) bond motifs is 2. The smallest absolute Gasteiger partial charge is 0.205 e. The van der Waals surface area contributed by atoms with E-state index >= 15 is 0 Å². The van der Waals surface area contributed by atoms with Gasteiger partial charge in [0, 0.05) is 52.4 Å². The second-order valence-corrected chi connectivity index (χ2v) is 25.7. The van der Waals surface area contributed by atoms with Crippen molar-refractivity contribution in [1.82, 2.24) is 0 Å². The SMILES string of the molecule is C[Si](C)(C)N=C=N[Si](C)(C)C.N#CN=C1CC(C2CCCOC2)Oc2ccc(Br)cc21.O=C1CC(C2CCCOC2)Oc2ccc(Br)cc21. The maximum atomic E-state index is 12.1. The maximum absolute atomic E-state index is 12.1. The minimum atomic E-state index is -1.31. The largest absolute Gasteiger partial charge is 0.489 e. The highest BCUT2D eigenvalue weighted by atomic mass is 79.9. The molecule has 9 nitrogen and oxygen atoms in total. The summed E-state index contributed by atoms with van der Waals surface area (Å²) in [5, 5.41) is 8.90. The van der Waals surface area contributed by atoms with Crippen molar-refractivity contribution in [2.75, 3.05) is 26.4 Å². The molecule has 49 heavy (non-hydrogen) atoms. The summed E-state index contributed by atoms with van der Waals surface area (Å²) in [6.07, 6.45) is 7.41. The van der Waals surface area contributed by atoms with E-state index in [9.17, 15) is 4.79 Å². The standard InChI is InChI=1S/C15H15BrN2O2.C14H15BrO3.C7H18N2Si2/c16-11-3-4-14-12(6-11)13(18-9-17)7-15(20-14)10-2-1-5-19-8-10;15-10-3-4-13-11(6-10)12(16)7-14(18-13)9-2-1-5-17-8-9;1-10(2,3)8-7-9-11(4,5)6/h3-4,6,10,15H,1-2,5,7-8H2;3-4,6,9,14H,1-2,5,7-8H2;1-6H3. The Hall–Kier alpha value is -2.44. The number of hydrogen-bond acceptors (Lipinski definition) is 9. The van der Waals surface area contributed by atoms with Crippen molar-refractivity contribution in [1.29, 1.82) is 5.26 Å². The van der Waals surface area contributed by atoms with E-state index in [1.807, 2.05) is 42.6 Å². The number of benzene rings is 2. The number of Topliss-reactive ketones (excluding diaryl/α,β-unsaturated/α-hetero) is 1. The molecule has 0 radical (unpaired) electrons. The predicted octanol–water partition coefficient (Wildman–Crippen LogP) is 9.34. The summed E-state index contributed by atoms with van der Waals surface area (Å²) >= 11 is 6.83. The molecule has 0 amide bonds. The van der Waals surface area contributed by atoms with Crippen LogP contribution in [-0.2, 0) is 9.47 Å². The molecule has 6 rings (SSSR count). The second-order valence-electron chi connectivity index (χ2n) is 14.7. The van der Waals surface area contributed by atoms with Gasteiger partial charge in [0.2, 0.25) is 6.19 Å². The Labute approximate surface area is 310 Å². The molecule has 4 unspecified atom stereocenters. The molecular weight excluding hydrogens is 784 g/mol. The number of nitriles is 1. The van der Waals surface area contributed by atoms with Crippen LogP contribution in [-0.4, -0.2) is 72.6 Å². The van der Waals surface area contributed by atoms with Crippen molar-refractivity contribution in [3.8, 4) is 17.7 Å². The first kappa shape index (κ1) is 39.4. The van der Waals surface area contributed by atoms with E-state index in [1.54, 1.807) is 0 Å². The lowest BCUT2D eigenvalue weighted by atomic mass is 9.88. The first-order valence-corrected chi connectivity index (χ1v) is 25.5. The number of carbonyl (C=O) groups excluding carboxylic acids is 1. The first-order chi connectivity index (χ1) is 23.2. The average Bonchev–Trinajstić information content (AvgIpc) is 3.05. The molecule has 0 aromatic heterocycles. The molecule has 4 atom stereocenters. The van der Waals surface area contributed by atoms with Crippen LogP contribution in [0.5, 0.6) is 11.5 Å². The monoisotopic (exact) mass is 830 g/mol. The topological polar surface area (TPSA) is 115 Å². The van der Waals surface area contributed by atoms with Crippen molar-refractivity contribution < 1.29 is 23.7 Å². The van der Waals surface area contributed by atoms with Gasteiger partial charge in [-0.15, -0.1) is 0 Å². The van der Waals surface area contributed by atoms with Gasteiger partial charge in [-0.2, -0.15) is 10.3 Å². The van der Waals surface area contributed by atoms with Gasteiger partial charge >= 0.3 is 0 Å². The average molecular weight is 833 g/mol. The summed E-state index contributed by atoms with van der Waals surface area (Å²) in [5.74, 6) is 2.42. The Kier molecular flexibility index (Phi) is 14.6. The number of ketones is 1. The third kappa shape index (κ3) is 12.7. The van der Waals surface area contributed by atoms with E-state index in [0.717, 1.165) is 71.5 Å². The van der Waals surface area contributed by atoms with Crippen molar-refractivity contribution in [3.63, 3.8) is 0 Å². The van der Waals surface area contributed by atoms with Crippen LogP contribution in [0.4, 0.5) is 0 Å². The number of halogens is 2. The molecule has 0 spiro atoms. The van der Waals surface area contributed by atoms with Gasteiger partial charge in [0.05, 0.1) is 30.5 Å². The van der Waals surface area contributed by atoms with E-state index in [4.69, 9.17) is 24.2 Å². The van der Waals surface area contributed by atoms with Crippen molar-refractivity contribution >= 4 is 65.8 Å². The molecule has 2 fully saturated rings. The van der Waals surface area contributed by atoms with Crippen LogP contribution < -0.4 is 9.47 Å². The van der Waals surface area contributed by atoms with Gasteiger partial charge in [-0.05, 0) is 101 Å². The highest BCUT2D eigenvalue weighted by Gasteiger charge is 2.34. The molecule has 4 aliphatic heterocycles. The van der Waals surface area contributed by atoms with E-state index < -0.39 is 16.5 Å². The first-order valence-electron chi connectivity index (χ1n) is 17.0. The molecule has 0 aliphatic carbocycles. The molecule has 0 bridgehead atoms. The molecular formula is C36H48Br2N4O5Si2. The van der Waals surface area contributed by atoms with Gasteiger partial charge in [0.15, 0.2) is 22.3 Å². The normalized spacial score (nSPS) is 24.1. The zero-order valence-corrected chi connectivity index (χ0v) is 34.6. The fourth-order valence-corrected chi connectivity index (χ4v) is 7.31. The Bertz CT molecular complexity index is 1570. The molecule has 0 N–H and O–H groups in total.